The van der Waals surface area contributed by atoms with Crippen LogP contribution in [0.5, 0.6) is 5.75 Å². The number of amides is 1. The molecule has 1 aromatic heterocycles. The van der Waals surface area contributed by atoms with E-state index < -0.39 is 42.7 Å². The Balaban J connectivity index is 1.82. The van der Waals surface area contributed by atoms with Crippen molar-refractivity contribution in [2.24, 2.45) is 0 Å². The summed E-state index contributed by atoms with van der Waals surface area (Å²) in [6.45, 7) is 2.84. The molecule has 0 bridgehead atoms. The highest BCUT2D eigenvalue weighted by atomic mass is 19.4. The maximum atomic E-state index is 13.8. The van der Waals surface area contributed by atoms with Crippen LogP contribution in [0.4, 0.5) is 31.1 Å². The maximum absolute atomic E-state index is 13.8. The van der Waals surface area contributed by atoms with Gasteiger partial charge in [-0.1, -0.05) is 26.0 Å². The van der Waals surface area contributed by atoms with E-state index in [0.717, 1.165) is 34.7 Å². The number of nitrogens with zero attached hydrogens (tertiary/aromatic N) is 2. The van der Waals surface area contributed by atoms with Gasteiger partial charge in [0.2, 0.25) is 0 Å². The van der Waals surface area contributed by atoms with E-state index in [4.69, 9.17) is 4.74 Å². The number of carboxylic acid groups (broad SMARTS) is 1. The number of benzene rings is 3. The summed E-state index contributed by atoms with van der Waals surface area (Å²) >= 11 is 0. The summed E-state index contributed by atoms with van der Waals surface area (Å²) in [5.41, 5.74) is 0.307. The van der Waals surface area contributed by atoms with E-state index in [-0.39, 0.29) is 22.6 Å². The number of aromatic nitrogens is 1. The zero-order chi connectivity index (χ0) is 31.5. The Labute approximate surface area is 244 Å². The first-order chi connectivity index (χ1) is 20.2. The van der Waals surface area contributed by atoms with Gasteiger partial charge in [-0.05, 0) is 93.9 Å². The normalized spacial score (nSPS) is 12.0. The Morgan fingerprint density at radius 3 is 2.07 bits per heavy atom. The van der Waals surface area contributed by atoms with Gasteiger partial charge >= 0.3 is 18.4 Å². The van der Waals surface area contributed by atoms with Gasteiger partial charge in [0.05, 0.1) is 18.2 Å². The summed E-state index contributed by atoms with van der Waals surface area (Å²) in [5.74, 6) is 0.445. The summed E-state index contributed by atoms with van der Waals surface area (Å²) in [6, 6.07) is 14.5. The predicted molar refractivity (Wildman–Crippen MR) is 149 cm³/mol. The van der Waals surface area contributed by atoms with Gasteiger partial charge in [-0.25, -0.2) is 4.79 Å². The number of rotatable bonds is 8. The van der Waals surface area contributed by atoms with Crippen LogP contribution in [-0.4, -0.2) is 28.2 Å². The van der Waals surface area contributed by atoms with E-state index in [9.17, 15) is 36.2 Å². The maximum Gasteiger partial charge on any atom is 0.416 e. The third-order valence-corrected chi connectivity index (χ3v) is 6.95. The quantitative estimate of drug-likeness (QED) is 0.204. The van der Waals surface area contributed by atoms with Crippen molar-refractivity contribution in [2.75, 3.05) is 7.11 Å². The van der Waals surface area contributed by atoms with Crippen molar-refractivity contribution >= 4 is 6.09 Å². The van der Waals surface area contributed by atoms with E-state index in [1.165, 1.54) is 43.8 Å². The minimum absolute atomic E-state index is 0.0111. The first kappa shape index (κ1) is 31.4. The molecular formula is C32H28F6N2O3. The Morgan fingerprint density at radius 1 is 0.814 bits per heavy atom. The molecule has 1 N–H and O–H groups in total. The lowest BCUT2D eigenvalue weighted by atomic mass is 9.92. The van der Waals surface area contributed by atoms with Gasteiger partial charge in [0, 0.05) is 31.0 Å². The molecule has 0 aliphatic carbocycles. The van der Waals surface area contributed by atoms with Crippen LogP contribution in [0, 0.1) is 0 Å². The lowest BCUT2D eigenvalue weighted by molar-refractivity contribution is -0.138. The number of methoxy groups -OCH3 is 1. The monoisotopic (exact) mass is 602 g/mol. The van der Waals surface area contributed by atoms with Crippen molar-refractivity contribution in [1.29, 1.82) is 0 Å². The van der Waals surface area contributed by atoms with E-state index in [1.807, 2.05) is 19.9 Å². The molecule has 0 saturated heterocycles. The number of ether oxygens (including phenoxy) is 1. The van der Waals surface area contributed by atoms with Crippen molar-refractivity contribution in [1.82, 2.24) is 9.88 Å². The molecule has 0 spiro atoms. The summed E-state index contributed by atoms with van der Waals surface area (Å²) in [4.78, 5) is 17.0. The molecule has 0 aliphatic heterocycles. The van der Waals surface area contributed by atoms with Crippen molar-refractivity contribution in [2.45, 2.75) is 45.2 Å². The van der Waals surface area contributed by atoms with Crippen molar-refractivity contribution < 1.29 is 41.0 Å². The molecular weight excluding hydrogens is 574 g/mol. The molecule has 0 atom stereocenters. The largest absolute Gasteiger partial charge is 0.496 e. The van der Waals surface area contributed by atoms with E-state index >= 15 is 0 Å². The number of pyridine rings is 1. The molecule has 1 amide bonds. The molecule has 11 heteroatoms. The third kappa shape index (κ3) is 7.46. The molecule has 5 nitrogen and oxygen atoms in total. The number of halogens is 6. The lowest BCUT2D eigenvalue weighted by Crippen LogP contribution is -2.29. The minimum atomic E-state index is -4.72. The molecule has 4 rings (SSSR count). The minimum Gasteiger partial charge on any atom is -0.496 e. The molecule has 43 heavy (non-hydrogen) atoms. The Morgan fingerprint density at radius 2 is 1.49 bits per heavy atom. The highest BCUT2D eigenvalue weighted by molar-refractivity contribution is 5.75. The fourth-order valence-electron chi connectivity index (χ4n) is 4.73. The summed E-state index contributed by atoms with van der Waals surface area (Å²) in [6.07, 6.45) is -8.13. The van der Waals surface area contributed by atoms with Crippen LogP contribution < -0.4 is 4.74 Å². The smallest absolute Gasteiger partial charge is 0.416 e. The molecule has 3 aromatic carbocycles. The van der Waals surface area contributed by atoms with Crippen LogP contribution in [0.25, 0.3) is 22.3 Å². The average Bonchev–Trinajstić information content (AvgIpc) is 2.95. The van der Waals surface area contributed by atoms with Gasteiger partial charge in [-0.2, -0.15) is 26.3 Å². The van der Waals surface area contributed by atoms with Crippen molar-refractivity contribution in [3.63, 3.8) is 0 Å². The zero-order valence-electron chi connectivity index (χ0n) is 23.4. The number of hydrogen-bond acceptors (Lipinski definition) is 3. The van der Waals surface area contributed by atoms with Crippen LogP contribution in [0.2, 0.25) is 0 Å². The number of alkyl halides is 6. The van der Waals surface area contributed by atoms with Gasteiger partial charge in [-0.3, -0.25) is 9.88 Å². The predicted octanol–water partition coefficient (Wildman–Crippen LogP) is 9.27. The molecule has 0 radical (unpaired) electrons. The first-order valence-corrected chi connectivity index (χ1v) is 13.1. The Kier molecular flexibility index (Phi) is 9.03. The molecule has 226 valence electrons. The number of carbonyl (C=O) groups is 1. The fraction of sp³-hybridized carbons (Fsp3) is 0.250. The topological polar surface area (TPSA) is 62.7 Å². The van der Waals surface area contributed by atoms with Gasteiger partial charge in [0.25, 0.3) is 0 Å². The molecule has 1 heterocycles. The second-order valence-electron chi connectivity index (χ2n) is 10.3. The van der Waals surface area contributed by atoms with Crippen LogP contribution >= 0.6 is 0 Å². The molecule has 0 saturated carbocycles. The van der Waals surface area contributed by atoms with Gasteiger partial charge in [0.15, 0.2) is 0 Å². The van der Waals surface area contributed by atoms with Crippen LogP contribution in [0.3, 0.4) is 0 Å². The van der Waals surface area contributed by atoms with E-state index in [1.54, 1.807) is 12.1 Å². The average molecular weight is 603 g/mol. The highest BCUT2D eigenvalue weighted by Crippen LogP contribution is 2.39. The SMILES string of the molecule is COc1ccc(C(C)C)cc1-c1ccc(C(F)(F)F)cc1CN(Cc1cc(-c2ccncc2)cc(C(F)(F)F)c1)C(=O)O. The van der Waals surface area contributed by atoms with Crippen LogP contribution in [0.15, 0.2) is 79.1 Å². The third-order valence-electron chi connectivity index (χ3n) is 6.95. The highest BCUT2D eigenvalue weighted by Gasteiger charge is 2.33. The van der Waals surface area contributed by atoms with Crippen molar-refractivity contribution in [3.8, 4) is 28.0 Å². The molecule has 4 aromatic rings. The van der Waals surface area contributed by atoms with Crippen LogP contribution in [0.1, 0.15) is 47.6 Å². The zero-order valence-corrected chi connectivity index (χ0v) is 23.4. The molecule has 0 fully saturated rings. The number of hydrogen-bond donors (Lipinski definition) is 1. The standard InChI is InChI=1S/C32H28F6N2O3/c1-19(2)22-4-7-29(43-3)28(16-22)27-6-5-25(31(33,34)35)15-24(27)18-40(30(41)42)17-20-12-23(21-8-10-39-11-9-21)14-26(13-20)32(36,37)38/h4-16,19H,17-18H2,1-3H3,(H,41,42). The second-order valence-corrected chi connectivity index (χ2v) is 10.3. The second kappa shape index (κ2) is 12.4. The Bertz CT molecular complexity index is 1600. The first-order valence-electron chi connectivity index (χ1n) is 13.1. The molecule has 0 aliphatic rings. The van der Waals surface area contributed by atoms with Gasteiger partial charge in [0.1, 0.15) is 5.75 Å². The van der Waals surface area contributed by atoms with Crippen LogP contribution in [-0.2, 0) is 25.4 Å². The summed E-state index contributed by atoms with van der Waals surface area (Å²) in [5, 5.41) is 10.1. The van der Waals surface area contributed by atoms with Crippen molar-refractivity contribution in [3.05, 3.63) is 107 Å². The summed E-state index contributed by atoms with van der Waals surface area (Å²) < 4.78 is 88.2. The molecule has 0 unspecified atom stereocenters. The van der Waals surface area contributed by atoms with E-state index in [0.29, 0.717) is 22.4 Å². The fourth-order valence-corrected chi connectivity index (χ4v) is 4.73. The lowest BCUT2D eigenvalue weighted by Gasteiger charge is -2.24. The van der Waals surface area contributed by atoms with E-state index in [2.05, 4.69) is 4.98 Å². The van der Waals surface area contributed by atoms with Gasteiger partial charge in [-0.15, -0.1) is 0 Å². The Hall–Kier alpha value is -4.54. The summed E-state index contributed by atoms with van der Waals surface area (Å²) in [7, 11) is 1.41. The van der Waals surface area contributed by atoms with Gasteiger partial charge < -0.3 is 9.84 Å².